The van der Waals surface area contributed by atoms with Crippen LogP contribution in [0.2, 0.25) is 0 Å². The molecule has 0 radical (unpaired) electrons. The van der Waals surface area contributed by atoms with Crippen molar-refractivity contribution in [1.29, 1.82) is 0 Å². The molecule has 2 rings (SSSR count). The minimum atomic E-state index is -0.671. The van der Waals surface area contributed by atoms with E-state index >= 15 is 0 Å². The van der Waals surface area contributed by atoms with Gasteiger partial charge in [-0.25, -0.2) is 0 Å². The van der Waals surface area contributed by atoms with Gasteiger partial charge in [0.1, 0.15) is 11.9 Å². The molecule has 0 fully saturated rings. The van der Waals surface area contributed by atoms with Crippen LogP contribution in [0, 0.1) is 0 Å². The van der Waals surface area contributed by atoms with Gasteiger partial charge in [0, 0.05) is 20.9 Å². The largest absolute Gasteiger partial charge is 0.495 e. The van der Waals surface area contributed by atoms with Gasteiger partial charge in [-0.2, -0.15) is 0 Å². The second-order valence-electron chi connectivity index (χ2n) is 3.31. The molecule has 1 N–H and O–H groups in total. The first-order valence-corrected chi connectivity index (χ1v) is 6.23. The first-order valence-electron chi connectivity index (χ1n) is 4.64. The highest BCUT2D eigenvalue weighted by atomic mass is 79.9. The molecule has 80 valence electrons. The average Bonchev–Trinajstić information content (AvgIpc) is 2.69. The van der Waals surface area contributed by atoms with E-state index in [4.69, 9.17) is 4.74 Å². The minimum absolute atomic E-state index is 0.651. The standard InChI is InChI=1S/C11H10Br2O2/c12-7-3-4-8(9(13)6-7)11(14)10-2-1-5-15-10/h2-4,6,11,14H,1,5H2. The van der Waals surface area contributed by atoms with Crippen LogP contribution in [-0.2, 0) is 4.74 Å². The third-order valence-corrected chi connectivity index (χ3v) is 3.44. The van der Waals surface area contributed by atoms with Crippen molar-refractivity contribution < 1.29 is 9.84 Å². The minimum Gasteiger partial charge on any atom is -0.495 e. The number of benzene rings is 1. The zero-order valence-corrected chi connectivity index (χ0v) is 11.1. The Labute approximate surface area is 105 Å². The van der Waals surface area contributed by atoms with Crippen molar-refractivity contribution in [2.45, 2.75) is 12.5 Å². The van der Waals surface area contributed by atoms with Gasteiger partial charge >= 0.3 is 0 Å². The van der Waals surface area contributed by atoms with Crippen LogP contribution in [0.15, 0.2) is 39.0 Å². The van der Waals surface area contributed by atoms with E-state index in [-0.39, 0.29) is 0 Å². The van der Waals surface area contributed by atoms with Crippen molar-refractivity contribution >= 4 is 31.9 Å². The van der Waals surface area contributed by atoms with E-state index < -0.39 is 6.10 Å². The number of hydrogen-bond acceptors (Lipinski definition) is 2. The topological polar surface area (TPSA) is 29.5 Å². The summed E-state index contributed by atoms with van der Waals surface area (Å²) in [5, 5.41) is 10.1. The molecule has 0 amide bonds. The molecular formula is C11H10Br2O2. The number of aliphatic hydroxyl groups excluding tert-OH is 1. The molecule has 0 saturated heterocycles. The van der Waals surface area contributed by atoms with Gasteiger partial charge in [0.15, 0.2) is 0 Å². The van der Waals surface area contributed by atoms with Gasteiger partial charge in [-0.05, 0) is 18.2 Å². The van der Waals surface area contributed by atoms with Crippen molar-refractivity contribution in [3.8, 4) is 0 Å². The fraction of sp³-hybridized carbons (Fsp3) is 0.273. The van der Waals surface area contributed by atoms with Crippen LogP contribution in [0.5, 0.6) is 0 Å². The lowest BCUT2D eigenvalue weighted by Gasteiger charge is -2.14. The Balaban J connectivity index is 2.28. The third kappa shape index (κ3) is 2.44. The molecule has 2 nitrogen and oxygen atoms in total. The highest BCUT2D eigenvalue weighted by Crippen LogP contribution is 2.32. The summed E-state index contributed by atoms with van der Waals surface area (Å²) in [5.74, 6) is 0.651. The second kappa shape index (κ2) is 4.68. The van der Waals surface area contributed by atoms with E-state index in [9.17, 15) is 5.11 Å². The normalized spacial score (nSPS) is 17.1. The Hall–Kier alpha value is -0.320. The summed E-state index contributed by atoms with van der Waals surface area (Å²) < 4.78 is 7.19. The number of aliphatic hydroxyl groups is 1. The van der Waals surface area contributed by atoms with Crippen LogP contribution in [0.25, 0.3) is 0 Å². The van der Waals surface area contributed by atoms with E-state index in [1.165, 1.54) is 0 Å². The van der Waals surface area contributed by atoms with Gasteiger partial charge in [0.05, 0.1) is 6.61 Å². The lowest BCUT2D eigenvalue weighted by atomic mass is 10.1. The van der Waals surface area contributed by atoms with Crippen LogP contribution in [-0.4, -0.2) is 11.7 Å². The molecule has 0 bridgehead atoms. The zero-order valence-electron chi connectivity index (χ0n) is 7.91. The smallest absolute Gasteiger partial charge is 0.137 e. The van der Waals surface area contributed by atoms with Gasteiger partial charge in [-0.3, -0.25) is 0 Å². The summed E-state index contributed by atoms with van der Waals surface area (Å²) in [7, 11) is 0. The highest BCUT2D eigenvalue weighted by molar-refractivity contribution is 9.11. The molecule has 1 aromatic carbocycles. The number of halogens is 2. The molecule has 4 heteroatoms. The molecular weight excluding hydrogens is 324 g/mol. The molecule has 15 heavy (non-hydrogen) atoms. The summed E-state index contributed by atoms with van der Waals surface area (Å²) in [6.07, 6.45) is 2.13. The fourth-order valence-corrected chi connectivity index (χ4v) is 2.77. The molecule has 1 heterocycles. The number of ether oxygens (including phenoxy) is 1. The Morgan fingerprint density at radius 3 is 2.73 bits per heavy atom. The summed E-state index contributed by atoms with van der Waals surface area (Å²) in [6, 6.07) is 5.69. The van der Waals surface area contributed by atoms with Crippen molar-refractivity contribution in [3.63, 3.8) is 0 Å². The van der Waals surface area contributed by atoms with E-state index in [0.717, 1.165) is 20.9 Å². The predicted octanol–water partition coefficient (Wildman–Crippen LogP) is 3.55. The molecule has 1 aliphatic heterocycles. The number of hydrogen-bond donors (Lipinski definition) is 1. The van der Waals surface area contributed by atoms with Gasteiger partial charge in [0.25, 0.3) is 0 Å². The molecule has 1 atom stereocenters. The summed E-state index contributed by atoms with van der Waals surface area (Å²) in [4.78, 5) is 0. The summed E-state index contributed by atoms with van der Waals surface area (Å²) >= 11 is 6.79. The quantitative estimate of drug-likeness (QED) is 0.896. The monoisotopic (exact) mass is 332 g/mol. The fourth-order valence-electron chi connectivity index (χ4n) is 1.50. The van der Waals surface area contributed by atoms with Crippen molar-refractivity contribution in [2.24, 2.45) is 0 Å². The van der Waals surface area contributed by atoms with Gasteiger partial charge in [-0.1, -0.05) is 37.9 Å². The van der Waals surface area contributed by atoms with Crippen molar-refractivity contribution in [3.05, 3.63) is 44.5 Å². The van der Waals surface area contributed by atoms with Crippen LogP contribution >= 0.6 is 31.9 Å². The maximum absolute atomic E-state index is 10.1. The van der Waals surface area contributed by atoms with E-state index in [2.05, 4.69) is 31.9 Å². The molecule has 0 aliphatic carbocycles. The van der Waals surface area contributed by atoms with Crippen LogP contribution in [0.1, 0.15) is 18.1 Å². The van der Waals surface area contributed by atoms with E-state index in [1.807, 2.05) is 24.3 Å². The molecule has 0 saturated carbocycles. The van der Waals surface area contributed by atoms with E-state index in [1.54, 1.807) is 0 Å². The molecule has 1 aliphatic rings. The Morgan fingerprint density at radius 1 is 1.33 bits per heavy atom. The zero-order chi connectivity index (χ0) is 10.8. The lowest BCUT2D eigenvalue weighted by Crippen LogP contribution is -2.03. The first kappa shape index (κ1) is 11.2. The van der Waals surface area contributed by atoms with Crippen LogP contribution < -0.4 is 0 Å². The van der Waals surface area contributed by atoms with Crippen molar-refractivity contribution in [1.82, 2.24) is 0 Å². The molecule has 1 aromatic rings. The van der Waals surface area contributed by atoms with Gasteiger partial charge in [0.2, 0.25) is 0 Å². The number of rotatable bonds is 2. The van der Waals surface area contributed by atoms with E-state index in [0.29, 0.717) is 12.4 Å². The highest BCUT2D eigenvalue weighted by Gasteiger charge is 2.19. The van der Waals surface area contributed by atoms with Gasteiger partial charge in [-0.15, -0.1) is 0 Å². The Morgan fingerprint density at radius 2 is 2.13 bits per heavy atom. The lowest BCUT2D eigenvalue weighted by molar-refractivity contribution is 0.118. The van der Waals surface area contributed by atoms with Crippen LogP contribution in [0.4, 0.5) is 0 Å². The summed E-state index contributed by atoms with van der Waals surface area (Å²) in [5.41, 5.74) is 0.825. The molecule has 0 aromatic heterocycles. The van der Waals surface area contributed by atoms with Crippen molar-refractivity contribution in [2.75, 3.05) is 6.61 Å². The SMILES string of the molecule is OC(C1=CCCO1)c1ccc(Br)cc1Br. The van der Waals surface area contributed by atoms with Crippen LogP contribution in [0.3, 0.4) is 0 Å². The summed E-state index contributed by atoms with van der Waals surface area (Å²) in [6.45, 7) is 0.667. The molecule has 1 unspecified atom stereocenters. The average molecular weight is 334 g/mol. The maximum atomic E-state index is 10.1. The Kier molecular flexibility index (Phi) is 3.49. The maximum Gasteiger partial charge on any atom is 0.137 e. The third-order valence-electron chi connectivity index (χ3n) is 2.26. The second-order valence-corrected chi connectivity index (χ2v) is 5.08. The first-order chi connectivity index (χ1) is 7.18. The molecule has 0 spiro atoms. The van der Waals surface area contributed by atoms with Gasteiger partial charge < -0.3 is 9.84 Å². The Bertz CT molecular complexity index is 402. The predicted molar refractivity (Wildman–Crippen MR) is 65.5 cm³/mol.